The molecule has 1 amide bonds. The Labute approximate surface area is 96.8 Å². The van der Waals surface area contributed by atoms with E-state index in [1.54, 1.807) is 0 Å². The van der Waals surface area contributed by atoms with Crippen LogP contribution in [0.15, 0.2) is 0 Å². The van der Waals surface area contributed by atoms with E-state index in [2.05, 4.69) is 10.6 Å². The first-order valence-electron chi connectivity index (χ1n) is 6.25. The number of hydrogen-bond acceptors (Lipinski definition) is 3. The monoisotopic (exact) mass is 226 g/mol. The largest absolute Gasteiger partial charge is 0.394 e. The van der Waals surface area contributed by atoms with Crippen LogP contribution in [0.4, 0.5) is 0 Å². The Morgan fingerprint density at radius 3 is 2.38 bits per heavy atom. The fraction of sp³-hybridized carbons (Fsp3) is 0.917. The quantitative estimate of drug-likeness (QED) is 0.653. The van der Waals surface area contributed by atoms with Gasteiger partial charge in [-0.25, -0.2) is 0 Å². The number of rotatable bonds is 3. The molecule has 1 aliphatic carbocycles. The molecular weight excluding hydrogens is 204 g/mol. The molecule has 1 saturated heterocycles. The maximum atomic E-state index is 12.2. The first-order valence-corrected chi connectivity index (χ1v) is 6.25. The molecule has 1 aliphatic heterocycles. The van der Waals surface area contributed by atoms with E-state index in [4.69, 9.17) is 0 Å². The van der Waals surface area contributed by atoms with E-state index in [-0.39, 0.29) is 23.5 Å². The van der Waals surface area contributed by atoms with Gasteiger partial charge in [0.25, 0.3) is 0 Å². The molecule has 0 spiro atoms. The summed E-state index contributed by atoms with van der Waals surface area (Å²) in [6, 6.07) is 0. The van der Waals surface area contributed by atoms with Crippen molar-refractivity contribution in [2.45, 2.75) is 44.6 Å². The van der Waals surface area contributed by atoms with Gasteiger partial charge in [0.15, 0.2) is 0 Å². The van der Waals surface area contributed by atoms with Crippen molar-refractivity contribution in [3.8, 4) is 0 Å². The maximum absolute atomic E-state index is 12.2. The van der Waals surface area contributed by atoms with Crippen molar-refractivity contribution in [3.05, 3.63) is 0 Å². The van der Waals surface area contributed by atoms with E-state index in [0.29, 0.717) is 0 Å². The van der Waals surface area contributed by atoms with Gasteiger partial charge < -0.3 is 15.7 Å². The molecule has 4 nitrogen and oxygen atoms in total. The first kappa shape index (κ1) is 11.9. The molecule has 2 aliphatic rings. The summed E-state index contributed by atoms with van der Waals surface area (Å²) in [4.78, 5) is 12.2. The molecule has 3 N–H and O–H groups in total. The maximum Gasteiger partial charge on any atom is 0.226 e. The van der Waals surface area contributed by atoms with Crippen LogP contribution in [0.5, 0.6) is 0 Å². The summed E-state index contributed by atoms with van der Waals surface area (Å²) in [6.07, 6.45) is 4.73. The molecule has 1 heterocycles. The third kappa shape index (κ3) is 2.09. The number of nitrogens with one attached hydrogen (secondary N) is 2. The molecule has 2 rings (SSSR count). The lowest BCUT2D eigenvalue weighted by molar-refractivity contribution is -0.135. The highest BCUT2D eigenvalue weighted by atomic mass is 16.3. The zero-order valence-corrected chi connectivity index (χ0v) is 10.0. The number of carbonyl (C=O) groups is 1. The van der Waals surface area contributed by atoms with Crippen molar-refractivity contribution in [3.63, 3.8) is 0 Å². The molecular formula is C12H22N2O2. The lowest BCUT2D eigenvalue weighted by Crippen LogP contribution is -2.60. The minimum absolute atomic E-state index is 0.0765. The molecule has 0 bridgehead atoms. The van der Waals surface area contributed by atoms with Crippen LogP contribution in [0.3, 0.4) is 0 Å². The van der Waals surface area contributed by atoms with Crippen molar-refractivity contribution in [1.29, 1.82) is 0 Å². The summed E-state index contributed by atoms with van der Waals surface area (Å²) in [5.41, 5.74) is -0.548. The summed E-state index contributed by atoms with van der Waals surface area (Å²) < 4.78 is 0. The Morgan fingerprint density at radius 2 is 1.94 bits per heavy atom. The summed E-state index contributed by atoms with van der Waals surface area (Å²) in [5.74, 6) is 0.128. The zero-order valence-electron chi connectivity index (χ0n) is 10.0. The lowest BCUT2D eigenvalue weighted by atomic mass is 9.74. The van der Waals surface area contributed by atoms with Gasteiger partial charge in [-0.2, -0.15) is 0 Å². The number of carbonyl (C=O) groups excluding carboxylic acids is 1. The molecule has 0 aromatic rings. The van der Waals surface area contributed by atoms with Crippen LogP contribution in [-0.4, -0.2) is 36.2 Å². The minimum atomic E-state index is -0.301. The second-order valence-corrected chi connectivity index (χ2v) is 5.56. The Hall–Kier alpha value is -0.610. The van der Waals surface area contributed by atoms with Gasteiger partial charge >= 0.3 is 0 Å². The van der Waals surface area contributed by atoms with Crippen molar-refractivity contribution < 1.29 is 9.90 Å². The Morgan fingerprint density at radius 1 is 1.31 bits per heavy atom. The van der Waals surface area contributed by atoms with Crippen LogP contribution in [-0.2, 0) is 4.79 Å². The van der Waals surface area contributed by atoms with Gasteiger partial charge in [-0.3, -0.25) is 4.79 Å². The van der Waals surface area contributed by atoms with Crippen LogP contribution in [0.25, 0.3) is 0 Å². The molecule has 0 aromatic carbocycles. The molecule has 0 unspecified atom stereocenters. The second kappa shape index (κ2) is 4.34. The molecule has 0 atom stereocenters. The van der Waals surface area contributed by atoms with E-state index in [9.17, 15) is 9.90 Å². The number of piperidine rings is 1. The fourth-order valence-corrected chi connectivity index (χ4v) is 2.52. The smallest absolute Gasteiger partial charge is 0.226 e. The molecule has 0 radical (unpaired) electrons. The van der Waals surface area contributed by atoms with E-state index in [0.717, 1.165) is 45.2 Å². The van der Waals surface area contributed by atoms with E-state index in [1.165, 1.54) is 0 Å². The van der Waals surface area contributed by atoms with Crippen LogP contribution in [0, 0.1) is 5.41 Å². The van der Waals surface area contributed by atoms with Crippen LogP contribution in [0.1, 0.15) is 39.0 Å². The third-order valence-electron chi connectivity index (χ3n) is 4.25. The fourth-order valence-electron chi connectivity index (χ4n) is 2.52. The van der Waals surface area contributed by atoms with Gasteiger partial charge in [0.05, 0.1) is 12.1 Å². The zero-order chi connectivity index (χ0) is 11.6. The van der Waals surface area contributed by atoms with Crippen LogP contribution >= 0.6 is 0 Å². The summed E-state index contributed by atoms with van der Waals surface area (Å²) in [5, 5.41) is 15.7. The summed E-state index contributed by atoms with van der Waals surface area (Å²) in [7, 11) is 0. The predicted octanol–water partition coefficient (Wildman–Crippen LogP) is 0.407. The summed E-state index contributed by atoms with van der Waals surface area (Å²) in [6.45, 7) is 3.94. The van der Waals surface area contributed by atoms with Gasteiger partial charge in [-0.15, -0.1) is 0 Å². The number of aliphatic hydroxyl groups is 1. The van der Waals surface area contributed by atoms with Crippen LogP contribution in [0.2, 0.25) is 0 Å². The number of hydrogen-bond donors (Lipinski definition) is 3. The second-order valence-electron chi connectivity index (χ2n) is 5.56. The van der Waals surface area contributed by atoms with Gasteiger partial charge in [0, 0.05) is 5.41 Å². The standard InChI is InChI=1S/C12H22N2O2/c1-11(5-7-13-8-6-11)10(16)14-12(9-15)3-2-4-12/h13,15H,2-9H2,1H3,(H,14,16). The third-order valence-corrected chi connectivity index (χ3v) is 4.25. The van der Waals surface area contributed by atoms with Gasteiger partial charge in [0.2, 0.25) is 5.91 Å². The molecule has 16 heavy (non-hydrogen) atoms. The van der Waals surface area contributed by atoms with E-state index >= 15 is 0 Å². The van der Waals surface area contributed by atoms with Gasteiger partial charge in [0.1, 0.15) is 0 Å². The van der Waals surface area contributed by atoms with Crippen molar-refractivity contribution in [2.24, 2.45) is 5.41 Å². The average molecular weight is 226 g/mol. The van der Waals surface area contributed by atoms with Crippen molar-refractivity contribution in [1.82, 2.24) is 10.6 Å². The topological polar surface area (TPSA) is 61.4 Å². The summed E-state index contributed by atoms with van der Waals surface area (Å²) >= 11 is 0. The molecule has 0 aromatic heterocycles. The Balaban J connectivity index is 1.96. The number of aliphatic hydroxyl groups excluding tert-OH is 1. The normalized spacial score (nSPS) is 26.9. The lowest BCUT2D eigenvalue weighted by Gasteiger charge is -2.44. The molecule has 4 heteroatoms. The molecule has 2 fully saturated rings. The molecule has 1 saturated carbocycles. The van der Waals surface area contributed by atoms with Gasteiger partial charge in [-0.05, 0) is 45.2 Å². The van der Waals surface area contributed by atoms with Gasteiger partial charge in [-0.1, -0.05) is 6.92 Å². The highest BCUT2D eigenvalue weighted by Gasteiger charge is 2.42. The van der Waals surface area contributed by atoms with Crippen molar-refractivity contribution in [2.75, 3.05) is 19.7 Å². The van der Waals surface area contributed by atoms with E-state index in [1.807, 2.05) is 6.92 Å². The minimum Gasteiger partial charge on any atom is -0.394 e. The Kier molecular flexibility index (Phi) is 3.22. The van der Waals surface area contributed by atoms with Crippen molar-refractivity contribution >= 4 is 5.91 Å². The molecule has 92 valence electrons. The Bertz CT molecular complexity index is 263. The average Bonchev–Trinajstić information content (AvgIpc) is 2.24. The number of amides is 1. The van der Waals surface area contributed by atoms with Crippen LogP contribution < -0.4 is 10.6 Å². The first-order chi connectivity index (χ1) is 7.60. The predicted molar refractivity (Wildman–Crippen MR) is 62.0 cm³/mol. The highest BCUT2D eigenvalue weighted by molar-refractivity contribution is 5.83. The SMILES string of the molecule is CC1(C(=O)NC2(CO)CCC2)CCNCC1. The van der Waals surface area contributed by atoms with E-state index < -0.39 is 0 Å². The highest BCUT2D eigenvalue weighted by Crippen LogP contribution is 2.34.